The zero-order valence-corrected chi connectivity index (χ0v) is 18.0. The van der Waals surface area contributed by atoms with E-state index in [-0.39, 0.29) is 31.2 Å². The first-order valence-electron chi connectivity index (χ1n) is 9.34. The van der Waals surface area contributed by atoms with Crippen molar-refractivity contribution in [2.75, 3.05) is 31.2 Å². The molecule has 166 valence electrons. The quantitative estimate of drug-likeness (QED) is 0.488. The van der Waals surface area contributed by atoms with Gasteiger partial charge in [0, 0.05) is 38.6 Å². The third-order valence-corrected chi connectivity index (χ3v) is 7.41. The number of benzene rings is 1. The summed E-state index contributed by atoms with van der Waals surface area (Å²) in [6.07, 6.45) is 4.21. The molecule has 2 aromatic rings. The van der Waals surface area contributed by atoms with Crippen LogP contribution in [-0.2, 0) is 26.6 Å². The Hall–Kier alpha value is -2.72. The number of aliphatic imine (C=N–C) groups is 1. The molecule has 0 unspecified atom stereocenters. The Morgan fingerprint density at radius 1 is 1.16 bits per heavy atom. The SMILES string of the molecule is NCCNS(=O)(=O)c1ccc(N2CCCn3ccnc32)c(C2=NCN=N2)c1S(N)(=O)=O. The van der Waals surface area contributed by atoms with Crippen LogP contribution in [0.1, 0.15) is 12.0 Å². The lowest BCUT2D eigenvalue weighted by atomic mass is 10.1. The molecule has 0 fully saturated rings. The summed E-state index contributed by atoms with van der Waals surface area (Å²) in [5, 5.41) is 13.2. The van der Waals surface area contributed by atoms with E-state index in [0.717, 1.165) is 13.0 Å². The maximum absolute atomic E-state index is 12.9. The fourth-order valence-electron chi connectivity index (χ4n) is 3.57. The molecule has 15 heteroatoms. The van der Waals surface area contributed by atoms with Gasteiger partial charge in [-0.3, -0.25) is 0 Å². The van der Waals surface area contributed by atoms with E-state index in [1.54, 1.807) is 11.1 Å². The summed E-state index contributed by atoms with van der Waals surface area (Å²) < 4.78 is 55.3. The third kappa shape index (κ3) is 3.97. The van der Waals surface area contributed by atoms with Crippen LogP contribution in [-0.4, -0.2) is 58.5 Å². The third-order valence-electron chi connectivity index (χ3n) is 4.79. The zero-order chi connectivity index (χ0) is 22.2. The Bertz CT molecular complexity index is 1280. The highest BCUT2D eigenvalue weighted by molar-refractivity contribution is 7.92. The van der Waals surface area contributed by atoms with Crippen molar-refractivity contribution in [2.24, 2.45) is 26.1 Å². The second kappa shape index (κ2) is 8.08. The largest absolute Gasteiger partial charge is 0.329 e. The number of nitrogens with one attached hydrogen (secondary N) is 1. The molecule has 1 aromatic carbocycles. The van der Waals surface area contributed by atoms with Crippen LogP contribution in [0.3, 0.4) is 0 Å². The number of fused-ring (bicyclic) bond motifs is 1. The highest BCUT2D eigenvalue weighted by Gasteiger charge is 2.34. The number of anilines is 2. The minimum Gasteiger partial charge on any atom is -0.329 e. The summed E-state index contributed by atoms with van der Waals surface area (Å²) in [6.45, 7) is 1.23. The molecule has 3 heterocycles. The molecular weight excluding hydrogens is 446 g/mol. The smallest absolute Gasteiger partial charge is 0.241 e. The number of hydrogen-bond acceptors (Lipinski definition) is 10. The van der Waals surface area contributed by atoms with E-state index in [1.807, 2.05) is 10.8 Å². The average molecular weight is 468 g/mol. The fraction of sp³-hybridized carbons (Fsp3) is 0.375. The van der Waals surface area contributed by atoms with Crippen LogP contribution >= 0.6 is 0 Å². The Morgan fingerprint density at radius 3 is 2.65 bits per heavy atom. The molecule has 0 amide bonds. The number of imidazole rings is 1. The van der Waals surface area contributed by atoms with Gasteiger partial charge < -0.3 is 15.2 Å². The van der Waals surface area contributed by atoms with E-state index >= 15 is 0 Å². The first-order chi connectivity index (χ1) is 14.7. The van der Waals surface area contributed by atoms with Gasteiger partial charge >= 0.3 is 0 Å². The van der Waals surface area contributed by atoms with Crippen LogP contribution in [0.25, 0.3) is 0 Å². The molecule has 2 aliphatic heterocycles. The molecule has 4 rings (SSSR count). The topological polar surface area (TPSA) is 190 Å². The Balaban J connectivity index is 2.02. The predicted octanol–water partition coefficient (Wildman–Crippen LogP) is -0.521. The summed E-state index contributed by atoms with van der Waals surface area (Å²) in [6, 6.07) is 2.70. The van der Waals surface area contributed by atoms with E-state index < -0.39 is 29.8 Å². The first-order valence-corrected chi connectivity index (χ1v) is 12.4. The van der Waals surface area contributed by atoms with Gasteiger partial charge in [-0.05, 0) is 18.6 Å². The standard InChI is InChI=1S/C16H21N9O4S2/c17-4-5-22-31(28,29)12-3-2-11(25-8-1-7-24-9-6-19-16(24)25)13(14(12)30(18,26)27)15-20-10-21-23-15/h2-3,6,9,22H,1,4-5,7-8,10,17H2,(H2,18,26,27). The maximum atomic E-state index is 12.9. The number of aryl methyl sites for hydroxylation is 1. The second-order valence-corrected chi connectivity index (χ2v) is 10.0. The Labute approximate surface area is 179 Å². The number of primary sulfonamides is 1. The van der Waals surface area contributed by atoms with Crippen LogP contribution in [0.2, 0.25) is 0 Å². The lowest BCUT2D eigenvalue weighted by molar-refractivity contribution is 0.573. The molecule has 0 aliphatic carbocycles. The molecule has 2 aliphatic rings. The molecule has 1 aromatic heterocycles. The van der Waals surface area contributed by atoms with Gasteiger partial charge in [-0.25, -0.2) is 36.7 Å². The van der Waals surface area contributed by atoms with E-state index in [0.29, 0.717) is 18.2 Å². The average Bonchev–Trinajstić information content (AvgIpc) is 3.42. The van der Waals surface area contributed by atoms with Gasteiger partial charge in [-0.15, -0.1) is 5.11 Å². The number of sulfonamides is 2. The highest BCUT2D eigenvalue weighted by Crippen LogP contribution is 2.38. The van der Waals surface area contributed by atoms with Crippen LogP contribution in [0, 0.1) is 0 Å². The molecule has 31 heavy (non-hydrogen) atoms. The van der Waals surface area contributed by atoms with Crippen molar-refractivity contribution < 1.29 is 16.8 Å². The van der Waals surface area contributed by atoms with Crippen LogP contribution in [0.15, 0.2) is 49.5 Å². The van der Waals surface area contributed by atoms with Gasteiger partial charge in [-0.1, -0.05) is 0 Å². The molecule has 0 saturated heterocycles. The monoisotopic (exact) mass is 467 g/mol. The van der Waals surface area contributed by atoms with Crippen molar-refractivity contribution in [2.45, 2.75) is 22.8 Å². The lowest BCUT2D eigenvalue weighted by Crippen LogP contribution is -2.33. The van der Waals surface area contributed by atoms with Crippen molar-refractivity contribution in [3.8, 4) is 0 Å². The minimum absolute atomic E-state index is 0.00411. The van der Waals surface area contributed by atoms with Crippen molar-refractivity contribution in [1.82, 2.24) is 14.3 Å². The van der Waals surface area contributed by atoms with Gasteiger partial charge in [0.25, 0.3) is 0 Å². The number of azo groups is 1. The molecule has 5 N–H and O–H groups in total. The van der Waals surface area contributed by atoms with Gasteiger partial charge in [0.2, 0.25) is 26.0 Å². The number of nitrogens with two attached hydrogens (primary N) is 2. The first kappa shape index (κ1) is 21.5. The van der Waals surface area contributed by atoms with Crippen LogP contribution in [0.5, 0.6) is 0 Å². The summed E-state index contributed by atoms with van der Waals surface area (Å²) in [4.78, 5) is 9.17. The van der Waals surface area contributed by atoms with Crippen LogP contribution in [0.4, 0.5) is 11.6 Å². The number of hydrogen-bond donors (Lipinski definition) is 3. The molecule has 0 atom stereocenters. The predicted molar refractivity (Wildman–Crippen MR) is 112 cm³/mol. The zero-order valence-electron chi connectivity index (χ0n) is 16.3. The number of nitrogens with zero attached hydrogens (tertiary/aromatic N) is 6. The number of rotatable bonds is 7. The Kier molecular flexibility index (Phi) is 5.61. The Morgan fingerprint density at radius 2 is 1.97 bits per heavy atom. The molecule has 0 bridgehead atoms. The highest BCUT2D eigenvalue weighted by atomic mass is 32.2. The summed E-state index contributed by atoms with van der Waals surface area (Å²) in [7, 11) is -8.76. The van der Waals surface area contributed by atoms with Gasteiger partial charge in [-0.2, -0.15) is 5.11 Å². The van der Waals surface area contributed by atoms with E-state index in [1.165, 1.54) is 12.1 Å². The van der Waals surface area contributed by atoms with E-state index in [2.05, 4.69) is 24.9 Å². The normalized spacial score (nSPS) is 16.5. The molecule has 0 saturated carbocycles. The number of aromatic nitrogens is 2. The summed E-state index contributed by atoms with van der Waals surface area (Å²) in [5.41, 5.74) is 5.73. The molecule has 13 nitrogen and oxygen atoms in total. The van der Waals surface area contributed by atoms with Crippen molar-refractivity contribution in [3.63, 3.8) is 0 Å². The summed E-state index contributed by atoms with van der Waals surface area (Å²) in [5.74, 6) is 0.568. The molecule has 0 spiro atoms. The molecule has 0 radical (unpaired) electrons. The van der Waals surface area contributed by atoms with Crippen molar-refractivity contribution >= 4 is 37.5 Å². The van der Waals surface area contributed by atoms with Crippen molar-refractivity contribution in [1.29, 1.82) is 0 Å². The van der Waals surface area contributed by atoms with Gasteiger partial charge in [0.1, 0.15) is 9.79 Å². The summed E-state index contributed by atoms with van der Waals surface area (Å²) >= 11 is 0. The van der Waals surface area contributed by atoms with E-state index in [4.69, 9.17) is 10.9 Å². The van der Waals surface area contributed by atoms with Crippen LogP contribution < -0.4 is 20.5 Å². The fourth-order valence-corrected chi connectivity index (χ4v) is 6.21. The lowest BCUT2D eigenvalue weighted by Gasteiger charge is -2.31. The second-order valence-electron chi connectivity index (χ2n) is 6.81. The van der Waals surface area contributed by atoms with Gasteiger partial charge in [0.15, 0.2) is 12.5 Å². The molecular formula is C16H21N9O4S2. The van der Waals surface area contributed by atoms with Gasteiger partial charge in [0.05, 0.1) is 11.3 Å². The van der Waals surface area contributed by atoms with E-state index in [9.17, 15) is 16.8 Å². The van der Waals surface area contributed by atoms with Crippen molar-refractivity contribution in [3.05, 3.63) is 30.1 Å². The number of amidine groups is 1. The minimum atomic E-state index is -4.52. The maximum Gasteiger partial charge on any atom is 0.241 e.